The van der Waals surface area contributed by atoms with Crippen molar-refractivity contribution in [1.29, 1.82) is 0 Å². The highest BCUT2D eigenvalue weighted by atomic mass is 16.7. The highest BCUT2D eigenvalue weighted by Crippen LogP contribution is 2.57. The van der Waals surface area contributed by atoms with Crippen LogP contribution >= 0.6 is 0 Å². The molecule has 0 bridgehead atoms. The van der Waals surface area contributed by atoms with Gasteiger partial charge in [0.25, 0.3) is 0 Å². The fourth-order valence-electron chi connectivity index (χ4n) is 7.61. The molecule has 2 aromatic carbocycles. The van der Waals surface area contributed by atoms with Crippen LogP contribution in [-0.4, -0.2) is 99.6 Å². The number of fused-ring (bicyclic) bond motifs is 3. The molecule has 13 nitrogen and oxygen atoms in total. The van der Waals surface area contributed by atoms with E-state index in [2.05, 4.69) is 6.58 Å². The smallest absolute Gasteiger partial charge is 0.334 e. The van der Waals surface area contributed by atoms with Crippen LogP contribution in [0, 0.1) is 17.3 Å². The number of phenolic OH excluding ortho intramolecular Hbond substituents is 2. The first kappa shape index (κ1) is 35.6. The third kappa shape index (κ3) is 7.28. The largest absolute Gasteiger partial charge is 0.508 e. The van der Waals surface area contributed by atoms with Crippen molar-refractivity contribution in [3.8, 4) is 11.5 Å². The van der Waals surface area contributed by atoms with E-state index in [0.29, 0.717) is 36.0 Å². The Hall–Kier alpha value is -4.27. The Morgan fingerprint density at radius 2 is 1.50 bits per heavy atom. The molecule has 4 aliphatic rings. The second kappa shape index (κ2) is 14.5. The summed E-state index contributed by atoms with van der Waals surface area (Å²) < 4.78 is 29.2. The summed E-state index contributed by atoms with van der Waals surface area (Å²) in [6.45, 7) is 5.45. The molecule has 0 spiro atoms. The van der Waals surface area contributed by atoms with Crippen LogP contribution in [0.4, 0.5) is 0 Å². The lowest BCUT2D eigenvalue weighted by Crippen LogP contribution is -2.62. The summed E-state index contributed by atoms with van der Waals surface area (Å²) in [7, 11) is 0. The maximum absolute atomic E-state index is 12.8. The van der Waals surface area contributed by atoms with Crippen LogP contribution in [-0.2, 0) is 50.9 Å². The molecular formula is C37H42O13. The topological polar surface area (TPSA) is 199 Å². The quantitative estimate of drug-likeness (QED) is 0.105. The predicted octanol–water partition coefficient (Wildman–Crippen LogP) is 2.01. The van der Waals surface area contributed by atoms with Gasteiger partial charge in [0, 0.05) is 22.8 Å². The van der Waals surface area contributed by atoms with Gasteiger partial charge in [-0.25, -0.2) is 4.79 Å². The number of hydrogen-bond acceptors (Lipinski definition) is 13. The predicted molar refractivity (Wildman–Crippen MR) is 173 cm³/mol. The van der Waals surface area contributed by atoms with E-state index in [1.807, 2.05) is 13.0 Å². The van der Waals surface area contributed by atoms with E-state index in [4.69, 9.17) is 23.7 Å². The molecule has 10 unspecified atom stereocenters. The first-order valence-corrected chi connectivity index (χ1v) is 16.6. The van der Waals surface area contributed by atoms with Crippen molar-refractivity contribution in [3.63, 3.8) is 0 Å². The minimum absolute atomic E-state index is 0.00253. The number of hydrogen-bond donors (Lipinski definition) is 5. The van der Waals surface area contributed by atoms with Gasteiger partial charge in [-0.05, 0) is 60.2 Å². The van der Waals surface area contributed by atoms with Gasteiger partial charge in [0.2, 0.25) is 0 Å². The maximum atomic E-state index is 12.8. The molecule has 13 heteroatoms. The molecule has 2 saturated heterocycles. The molecular weight excluding hydrogens is 652 g/mol. The van der Waals surface area contributed by atoms with Gasteiger partial charge in [0.05, 0.1) is 18.9 Å². The van der Waals surface area contributed by atoms with Crippen LogP contribution in [0.5, 0.6) is 11.5 Å². The van der Waals surface area contributed by atoms with Gasteiger partial charge in [0.15, 0.2) is 6.29 Å². The summed E-state index contributed by atoms with van der Waals surface area (Å²) >= 11 is 0. The SMILES string of the molecule is C=C1C(=O)OC2C1CCC1(C)C(OC3OC(COC(=O)Cc4ccc(O)cc4)C(O)C(O)C3O)CC=C(COC(=O)Cc3ccc(O)cc3)C21. The first-order chi connectivity index (χ1) is 23.8. The van der Waals surface area contributed by atoms with Crippen molar-refractivity contribution in [3.05, 3.63) is 83.5 Å². The lowest BCUT2D eigenvalue weighted by Gasteiger charge is -2.54. The Kier molecular flexibility index (Phi) is 10.3. The molecule has 10 atom stereocenters. The molecule has 2 aromatic rings. The summed E-state index contributed by atoms with van der Waals surface area (Å²) in [6.07, 6.45) is -5.53. The van der Waals surface area contributed by atoms with Crippen molar-refractivity contribution in [2.45, 2.75) is 81.9 Å². The fraction of sp³-hybridized carbons (Fsp3) is 0.486. The minimum atomic E-state index is -1.67. The van der Waals surface area contributed by atoms with Crippen molar-refractivity contribution in [2.24, 2.45) is 17.3 Å². The number of aliphatic hydroxyl groups excluding tert-OH is 3. The zero-order valence-corrected chi connectivity index (χ0v) is 27.6. The third-order valence-corrected chi connectivity index (χ3v) is 10.5. The number of phenols is 2. The van der Waals surface area contributed by atoms with Crippen molar-refractivity contribution in [1.82, 2.24) is 0 Å². The number of carbonyl (C=O) groups is 3. The molecule has 6 rings (SSSR count). The molecule has 5 N–H and O–H groups in total. The van der Waals surface area contributed by atoms with E-state index < -0.39 is 78.8 Å². The Morgan fingerprint density at radius 1 is 0.900 bits per heavy atom. The number of carbonyl (C=O) groups excluding carboxylic acids is 3. The van der Waals surface area contributed by atoms with Gasteiger partial charge in [0.1, 0.15) is 55.2 Å². The molecule has 3 fully saturated rings. The highest BCUT2D eigenvalue weighted by molar-refractivity contribution is 5.91. The molecule has 2 aliphatic carbocycles. The van der Waals surface area contributed by atoms with Gasteiger partial charge in [-0.2, -0.15) is 0 Å². The van der Waals surface area contributed by atoms with Crippen LogP contribution in [0.2, 0.25) is 0 Å². The summed E-state index contributed by atoms with van der Waals surface area (Å²) in [5.74, 6) is -2.14. The normalized spacial score (nSPS) is 33.4. The zero-order chi connectivity index (χ0) is 35.7. The van der Waals surface area contributed by atoms with Crippen molar-refractivity contribution >= 4 is 17.9 Å². The molecule has 2 heterocycles. The van der Waals surface area contributed by atoms with Crippen LogP contribution < -0.4 is 0 Å². The van der Waals surface area contributed by atoms with Crippen LogP contribution in [0.25, 0.3) is 0 Å². The lowest BCUT2D eigenvalue weighted by atomic mass is 9.55. The molecule has 0 radical (unpaired) electrons. The molecule has 1 saturated carbocycles. The summed E-state index contributed by atoms with van der Waals surface area (Å²) in [5.41, 5.74) is 1.69. The van der Waals surface area contributed by atoms with Crippen molar-refractivity contribution < 1.29 is 63.6 Å². The molecule has 0 amide bonds. The van der Waals surface area contributed by atoms with Crippen LogP contribution in [0.3, 0.4) is 0 Å². The summed E-state index contributed by atoms with van der Waals surface area (Å²) in [5, 5.41) is 51.3. The van der Waals surface area contributed by atoms with E-state index in [0.717, 1.165) is 5.57 Å². The lowest BCUT2D eigenvalue weighted by molar-refractivity contribution is -0.323. The Labute approximate surface area is 288 Å². The summed E-state index contributed by atoms with van der Waals surface area (Å²) in [4.78, 5) is 38.0. The van der Waals surface area contributed by atoms with E-state index >= 15 is 0 Å². The van der Waals surface area contributed by atoms with Gasteiger partial charge in [-0.3, -0.25) is 9.59 Å². The number of aliphatic hydroxyl groups is 3. The highest BCUT2D eigenvalue weighted by Gasteiger charge is 2.59. The van der Waals surface area contributed by atoms with Gasteiger partial charge >= 0.3 is 17.9 Å². The van der Waals surface area contributed by atoms with Crippen LogP contribution in [0.15, 0.2) is 72.3 Å². The number of aromatic hydroxyl groups is 2. The second-order valence-corrected chi connectivity index (χ2v) is 13.7. The fourth-order valence-corrected chi connectivity index (χ4v) is 7.61. The monoisotopic (exact) mass is 694 g/mol. The number of benzene rings is 2. The first-order valence-electron chi connectivity index (χ1n) is 16.6. The van der Waals surface area contributed by atoms with Gasteiger partial charge < -0.3 is 49.2 Å². The van der Waals surface area contributed by atoms with Gasteiger partial charge in [-0.1, -0.05) is 43.8 Å². The molecule has 268 valence electrons. The average Bonchev–Trinajstić information content (AvgIpc) is 3.38. The minimum Gasteiger partial charge on any atom is -0.508 e. The molecule has 0 aromatic heterocycles. The van der Waals surface area contributed by atoms with Gasteiger partial charge in [-0.15, -0.1) is 0 Å². The Bertz CT molecular complexity index is 1620. The standard InChI is InChI=1S/C37H42O13/c1-19-25-13-14-37(2)27(12-7-22(30(37)34(25)50-35(19)45)17-46-28(40)15-20-3-8-23(38)9-4-20)49-36-33(44)32(43)31(42)26(48-36)18-47-29(41)16-21-5-10-24(39)11-6-21/h3-11,25-27,30-34,36,38-39,42-44H,1,12-18H2,2H3. The van der Waals surface area contributed by atoms with E-state index in [1.54, 1.807) is 24.3 Å². The van der Waals surface area contributed by atoms with Crippen LogP contribution in [0.1, 0.15) is 37.3 Å². The number of ether oxygens (including phenoxy) is 5. The Balaban J connectivity index is 1.15. The maximum Gasteiger partial charge on any atom is 0.334 e. The molecule has 2 aliphatic heterocycles. The number of esters is 3. The Morgan fingerprint density at radius 3 is 2.12 bits per heavy atom. The van der Waals surface area contributed by atoms with E-state index in [9.17, 15) is 39.9 Å². The molecule has 50 heavy (non-hydrogen) atoms. The van der Waals surface area contributed by atoms with Crippen molar-refractivity contribution in [2.75, 3.05) is 13.2 Å². The zero-order valence-electron chi connectivity index (χ0n) is 27.6. The third-order valence-electron chi connectivity index (χ3n) is 10.5. The number of rotatable bonds is 10. The second-order valence-electron chi connectivity index (χ2n) is 13.7. The average molecular weight is 695 g/mol. The van der Waals surface area contributed by atoms with E-state index in [1.165, 1.54) is 24.3 Å². The summed E-state index contributed by atoms with van der Waals surface area (Å²) in [6, 6.07) is 12.3. The van der Waals surface area contributed by atoms with E-state index in [-0.39, 0.29) is 36.9 Å².